The number of aromatic nitrogens is 2. The van der Waals surface area contributed by atoms with Gasteiger partial charge in [0.25, 0.3) is 0 Å². The second-order valence-corrected chi connectivity index (χ2v) is 4.59. The zero-order valence-corrected chi connectivity index (χ0v) is 11.9. The van der Waals surface area contributed by atoms with Crippen molar-refractivity contribution in [1.29, 1.82) is 0 Å². The van der Waals surface area contributed by atoms with Crippen LogP contribution in [0.4, 0.5) is 11.4 Å². The zero-order chi connectivity index (χ0) is 14.5. The number of nitrogen functional groups attached to an aromatic ring is 1. The lowest BCUT2D eigenvalue weighted by atomic mass is 10.2. The Kier molecular flexibility index (Phi) is 4.40. The van der Waals surface area contributed by atoms with E-state index in [0.717, 1.165) is 29.9 Å². The van der Waals surface area contributed by atoms with Crippen LogP contribution in [0.5, 0.6) is 0 Å². The summed E-state index contributed by atoms with van der Waals surface area (Å²) in [5.74, 6) is -0.101. The van der Waals surface area contributed by atoms with Crippen LogP contribution in [0.15, 0.2) is 30.3 Å². The van der Waals surface area contributed by atoms with Crippen LogP contribution in [-0.4, -0.2) is 15.7 Å². The van der Waals surface area contributed by atoms with E-state index in [2.05, 4.69) is 10.4 Å². The molecule has 2 aromatic rings. The van der Waals surface area contributed by atoms with Crippen molar-refractivity contribution in [3.63, 3.8) is 0 Å². The molecule has 0 aliphatic heterocycles. The number of hydrogen-bond donors (Lipinski definition) is 2. The normalized spacial score (nSPS) is 10.5. The SMILES string of the molecule is CCc1nn(CC(=O)Nc2ccccc2)c(CC)c1N. The highest BCUT2D eigenvalue weighted by molar-refractivity contribution is 5.90. The molecule has 0 aliphatic rings. The lowest BCUT2D eigenvalue weighted by Gasteiger charge is -2.07. The van der Waals surface area contributed by atoms with Gasteiger partial charge in [0.05, 0.1) is 17.1 Å². The van der Waals surface area contributed by atoms with Gasteiger partial charge in [-0.3, -0.25) is 9.48 Å². The van der Waals surface area contributed by atoms with Crippen LogP contribution in [0.1, 0.15) is 25.2 Å². The molecule has 0 unspecified atom stereocenters. The molecule has 0 aliphatic carbocycles. The van der Waals surface area contributed by atoms with Gasteiger partial charge in [-0.15, -0.1) is 0 Å². The van der Waals surface area contributed by atoms with Crippen molar-refractivity contribution >= 4 is 17.3 Å². The number of para-hydroxylation sites is 1. The van der Waals surface area contributed by atoms with E-state index in [1.807, 2.05) is 44.2 Å². The smallest absolute Gasteiger partial charge is 0.246 e. The van der Waals surface area contributed by atoms with E-state index >= 15 is 0 Å². The van der Waals surface area contributed by atoms with Crippen LogP contribution in [0.3, 0.4) is 0 Å². The molecule has 1 heterocycles. The fourth-order valence-electron chi connectivity index (χ4n) is 2.19. The van der Waals surface area contributed by atoms with E-state index < -0.39 is 0 Å². The number of nitrogens with one attached hydrogen (secondary N) is 1. The fraction of sp³-hybridized carbons (Fsp3) is 0.333. The lowest BCUT2D eigenvalue weighted by Crippen LogP contribution is -2.21. The summed E-state index contributed by atoms with van der Waals surface area (Å²) in [4.78, 5) is 12.0. The lowest BCUT2D eigenvalue weighted by molar-refractivity contribution is -0.116. The third kappa shape index (κ3) is 2.99. The van der Waals surface area contributed by atoms with Gasteiger partial charge in [-0.25, -0.2) is 0 Å². The minimum atomic E-state index is -0.101. The summed E-state index contributed by atoms with van der Waals surface area (Å²) in [5, 5.41) is 7.26. The third-order valence-electron chi connectivity index (χ3n) is 3.20. The molecule has 0 radical (unpaired) electrons. The highest BCUT2D eigenvalue weighted by Gasteiger charge is 2.14. The van der Waals surface area contributed by atoms with E-state index in [1.165, 1.54) is 0 Å². The maximum atomic E-state index is 12.0. The summed E-state index contributed by atoms with van der Waals surface area (Å²) in [7, 11) is 0. The minimum absolute atomic E-state index is 0.101. The van der Waals surface area contributed by atoms with Crippen LogP contribution in [-0.2, 0) is 24.2 Å². The van der Waals surface area contributed by atoms with Gasteiger partial charge in [-0.1, -0.05) is 32.0 Å². The van der Waals surface area contributed by atoms with Crippen molar-refractivity contribution in [3.8, 4) is 0 Å². The number of carbonyl (C=O) groups is 1. The number of rotatable bonds is 5. The first-order valence-electron chi connectivity index (χ1n) is 6.84. The Morgan fingerprint density at radius 3 is 2.55 bits per heavy atom. The van der Waals surface area contributed by atoms with Gasteiger partial charge in [0.1, 0.15) is 6.54 Å². The molecule has 2 rings (SSSR count). The maximum Gasteiger partial charge on any atom is 0.246 e. The number of amides is 1. The number of nitrogens with zero attached hydrogens (tertiary/aromatic N) is 2. The van der Waals surface area contributed by atoms with Gasteiger partial charge in [0, 0.05) is 5.69 Å². The number of benzene rings is 1. The largest absolute Gasteiger partial charge is 0.396 e. The molecule has 0 bridgehead atoms. The molecular weight excluding hydrogens is 252 g/mol. The van der Waals surface area contributed by atoms with Crippen molar-refractivity contribution in [2.45, 2.75) is 33.2 Å². The summed E-state index contributed by atoms with van der Waals surface area (Å²) in [6.45, 7) is 4.20. The first kappa shape index (κ1) is 14.1. The Labute approximate surface area is 118 Å². The first-order valence-corrected chi connectivity index (χ1v) is 6.84. The average molecular weight is 272 g/mol. The topological polar surface area (TPSA) is 72.9 Å². The molecule has 106 valence electrons. The Hall–Kier alpha value is -2.30. The fourth-order valence-corrected chi connectivity index (χ4v) is 2.19. The molecule has 0 atom stereocenters. The number of nitrogens with two attached hydrogens (primary N) is 1. The van der Waals surface area contributed by atoms with E-state index in [9.17, 15) is 4.79 Å². The van der Waals surface area contributed by atoms with Crippen LogP contribution in [0, 0.1) is 0 Å². The monoisotopic (exact) mass is 272 g/mol. The number of anilines is 2. The average Bonchev–Trinajstić information content (AvgIpc) is 2.75. The summed E-state index contributed by atoms with van der Waals surface area (Å²) >= 11 is 0. The molecule has 0 fully saturated rings. The predicted octanol–water partition coefficient (Wildman–Crippen LogP) is 2.23. The molecule has 20 heavy (non-hydrogen) atoms. The van der Waals surface area contributed by atoms with Gasteiger partial charge < -0.3 is 11.1 Å². The molecule has 0 spiro atoms. The predicted molar refractivity (Wildman–Crippen MR) is 80.5 cm³/mol. The summed E-state index contributed by atoms with van der Waals surface area (Å²) in [6.07, 6.45) is 1.53. The number of hydrogen-bond acceptors (Lipinski definition) is 3. The number of aryl methyl sites for hydroxylation is 1. The zero-order valence-electron chi connectivity index (χ0n) is 11.9. The molecule has 5 nitrogen and oxygen atoms in total. The summed E-state index contributed by atoms with van der Waals surface area (Å²) < 4.78 is 1.70. The molecule has 0 saturated heterocycles. The highest BCUT2D eigenvalue weighted by atomic mass is 16.2. The molecular formula is C15H20N4O. The Bertz CT molecular complexity index is 589. The first-order chi connectivity index (χ1) is 9.65. The molecule has 5 heteroatoms. The van der Waals surface area contributed by atoms with Crippen LogP contribution in [0.25, 0.3) is 0 Å². The Morgan fingerprint density at radius 1 is 1.25 bits per heavy atom. The summed E-state index contributed by atoms with van der Waals surface area (Å²) in [6, 6.07) is 9.38. The minimum Gasteiger partial charge on any atom is -0.396 e. The van der Waals surface area contributed by atoms with E-state index in [-0.39, 0.29) is 12.5 Å². The Morgan fingerprint density at radius 2 is 1.95 bits per heavy atom. The van der Waals surface area contributed by atoms with Crippen molar-refractivity contribution in [2.24, 2.45) is 0 Å². The third-order valence-corrected chi connectivity index (χ3v) is 3.20. The second kappa shape index (κ2) is 6.23. The van der Waals surface area contributed by atoms with Crippen LogP contribution in [0.2, 0.25) is 0 Å². The quantitative estimate of drug-likeness (QED) is 0.876. The van der Waals surface area contributed by atoms with E-state index in [1.54, 1.807) is 4.68 Å². The number of carbonyl (C=O) groups excluding carboxylic acids is 1. The molecule has 0 saturated carbocycles. The molecule has 1 aromatic carbocycles. The van der Waals surface area contributed by atoms with E-state index in [4.69, 9.17) is 5.73 Å². The molecule has 1 aromatic heterocycles. The highest BCUT2D eigenvalue weighted by Crippen LogP contribution is 2.18. The van der Waals surface area contributed by atoms with Gasteiger partial charge in [0.15, 0.2) is 0 Å². The van der Waals surface area contributed by atoms with Crippen molar-refractivity contribution in [1.82, 2.24) is 9.78 Å². The second-order valence-electron chi connectivity index (χ2n) is 4.59. The summed E-state index contributed by atoms with van der Waals surface area (Å²) in [5.41, 5.74) is 9.31. The van der Waals surface area contributed by atoms with Gasteiger partial charge in [0.2, 0.25) is 5.91 Å². The van der Waals surface area contributed by atoms with Gasteiger partial charge >= 0.3 is 0 Å². The van der Waals surface area contributed by atoms with Crippen molar-refractivity contribution in [2.75, 3.05) is 11.1 Å². The maximum absolute atomic E-state index is 12.0. The van der Waals surface area contributed by atoms with Crippen LogP contribution < -0.4 is 11.1 Å². The van der Waals surface area contributed by atoms with Crippen molar-refractivity contribution < 1.29 is 4.79 Å². The standard InChI is InChI=1S/C15H20N4O/c1-3-12-15(16)13(4-2)19(18-12)10-14(20)17-11-8-6-5-7-9-11/h5-9H,3-4,10,16H2,1-2H3,(H,17,20). The van der Waals surface area contributed by atoms with Gasteiger partial charge in [-0.2, -0.15) is 5.10 Å². The van der Waals surface area contributed by atoms with E-state index in [0.29, 0.717) is 5.69 Å². The molecule has 3 N–H and O–H groups in total. The molecule has 1 amide bonds. The Balaban J connectivity index is 2.12. The van der Waals surface area contributed by atoms with Crippen LogP contribution >= 0.6 is 0 Å². The van der Waals surface area contributed by atoms with Gasteiger partial charge in [-0.05, 0) is 25.0 Å². The van der Waals surface area contributed by atoms with Crippen molar-refractivity contribution in [3.05, 3.63) is 41.7 Å².